The second-order valence-electron chi connectivity index (χ2n) is 8.72. The monoisotopic (exact) mass is 594 g/mol. The zero-order valence-electron chi connectivity index (χ0n) is 21.6. The molecule has 39 heavy (non-hydrogen) atoms. The van der Waals surface area contributed by atoms with Crippen LogP contribution in [0.5, 0.6) is 0 Å². The van der Waals surface area contributed by atoms with Gasteiger partial charge >= 0.3 is 6.03 Å². The number of nitrogens with zero attached hydrogens (tertiary/aromatic N) is 3. The molecule has 0 saturated carbocycles. The number of hydrogen-bond donors (Lipinski definition) is 3. The minimum atomic E-state index is -0.719. The molecule has 4 aromatic rings. The number of urea groups is 1. The Hall–Kier alpha value is -3.37. The van der Waals surface area contributed by atoms with E-state index in [2.05, 4.69) is 25.8 Å². The molecule has 3 N–H and O–H groups in total. The predicted molar refractivity (Wildman–Crippen MR) is 163 cm³/mol. The molecule has 4 rings (SSSR count). The highest BCUT2D eigenvalue weighted by atomic mass is 35.5. The number of halogens is 4. The van der Waals surface area contributed by atoms with Crippen LogP contribution in [0.25, 0.3) is 22.0 Å². The smallest absolute Gasteiger partial charge is 0.323 e. The van der Waals surface area contributed by atoms with Crippen molar-refractivity contribution in [1.29, 1.82) is 0 Å². The van der Waals surface area contributed by atoms with Crippen LogP contribution in [-0.2, 0) is 6.54 Å². The van der Waals surface area contributed by atoms with Crippen LogP contribution in [0.3, 0.4) is 0 Å². The van der Waals surface area contributed by atoms with Gasteiger partial charge in [-0.2, -0.15) is 0 Å². The zero-order chi connectivity index (χ0) is 26.5. The lowest BCUT2D eigenvalue weighted by atomic mass is 10.0. The maximum atomic E-state index is 14.7. The van der Waals surface area contributed by atoms with E-state index < -0.39 is 11.8 Å². The highest BCUT2D eigenvalue weighted by Gasteiger charge is 2.18. The van der Waals surface area contributed by atoms with Crippen LogP contribution in [0.1, 0.15) is 6.92 Å². The number of anilines is 3. The van der Waals surface area contributed by atoms with Crippen molar-refractivity contribution in [3.63, 3.8) is 0 Å². The number of para-hydroxylation sites is 1. The van der Waals surface area contributed by atoms with E-state index in [-0.39, 0.29) is 46.6 Å². The molecule has 0 atom stereocenters. The fourth-order valence-corrected chi connectivity index (χ4v) is 4.19. The largest absolute Gasteiger partial charge is 0.369 e. The summed E-state index contributed by atoms with van der Waals surface area (Å²) in [5.41, 5.74) is 1.47. The number of carbonyl (C=O) groups excluding carboxylic acids is 1. The lowest BCUT2D eigenvalue weighted by Gasteiger charge is -2.15. The molecule has 2 heterocycles. The van der Waals surface area contributed by atoms with Crippen molar-refractivity contribution in [2.24, 2.45) is 0 Å². The van der Waals surface area contributed by atoms with Gasteiger partial charge in [-0.05, 0) is 51.4 Å². The molecule has 0 saturated heterocycles. The molecule has 8 nitrogen and oxygen atoms in total. The van der Waals surface area contributed by atoms with Gasteiger partial charge in [0.2, 0.25) is 0 Å². The third-order valence-electron chi connectivity index (χ3n) is 5.79. The highest BCUT2D eigenvalue weighted by Crippen LogP contribution is 2.32. The number of aryl methyl sites for hydroxylation is 1. The second-order valence-corrected chi connectivity index (χ2v) is 9.13. The van der Waals surface area contributed by atoms with Crippen LogP contribution in [-0.4, -0.2) is 47.7 Å². The summed E-state index contributed by atoms with van der Waals surface area (Å²) in [5.74, 6) is -0.0527. The van der Waals surface area contributed by atoms with Crippen molar-refractivity contribution in [3.8, 4) is 11.1 Å². The van der Waals surface area contributed by atoms with Crippen molar-refractivity contribution in [2.45, 2.75) is 13.5 Å². The number of carbonyl (C=O) groups is 1. The fourth-order valence-electron chi connectivity index (χ4n) is 3.94. The summed E-state index contributed by atoms with van der Waals surface area (Å²) in [4.78, 5) is 32.5. The molecule has 0 bridgehead atoms. The van der Waals surface area contributed by atoms with Crippen molar-refractivity contribution in [3.05, 3.63) is 82.0 Å². The van der Waals surface area contributed by atoms with Crippen molar-refractivity contribution < 1.29 is 9.18 Å². The lowest BCUT2D eigenvalue weighted by molar-refractivity contribution is 0.262. The maximum absolute atomic E-state index is 14.7. The topological polar surface area (TPSA) is 91.3 Å². The number of rotatable bonds is 8. The van der Waals surface area contributed by atoms with E-state index in [0.29, 0.717) is 30.2 Å². The molecule has 0 unspecified atom stereocenters. The third-order valence-corrected chi connectivity index (χ3v) is 6.10. The van der Waals surface area contributed by atoms with Gasteiger partial charge < -0.3 is 25.4 Å². The van der Waals surface area contributed by atoms with Crippen LogP contribution in [0.15, 0.2) is 65.6 Å². The van der Waals surface area contributed by atoms with Gasteiger partial charge in [0.1, 0.15) is 11.6 Å². The van der Waals surface area contributed by atoms with E-state index in [4.69, 9.17) is 11.6 Å². The minimum absolute atomic E-state index is 0. The molecule has 0 radical (unpaired) electrons. The molecule has 0 aliphatic rings. The van der Waals surface area contributed by atoms with E-state index in [1.165, 1.54) is 6.07 Å². The van der Waals surface area contributed by atoms with Gasteiger partial charge in [0.05, 0.1) is 16.2 Å². The Morgan fingerprint density at radius 1 is 1.05 bits per heavy atom. The third kappa shape index (κ3) is 7.60. The summed E-state index contributed by atoms with van der Waals surface area (Å²) in [6.07, 6.45) is 1.69. The van der Waals surface area contributed by atoms with Gasteiger partial charge in [-0.15, -0.1) is 24.8 Å². The SMILES string of the molecule is CCn1c(=O)c(-c2cc(NC(=O)Nc3ccccc3)c(F)cc2Cl)cc2cnc(NCCN(C)C)cc21.Cl.Cl. The summed E-state index contributed by atoms with van der Waals surface area (Å²) >= 11 is 6.38. The molecule has 0 fully saturated rings. The van der Waals surface area contributed by atoms with Crippen LogP contribution in [0, 0.1) is 5.82 Å². The fraction of sp³-hybridized carbons (Fsp3) is 0.222. The number of benzene rings is 2. The second kappa shape index (κ2) is 14.1. The standard InChI is InChI=1S/C27H28ClFN6O2.2ClH/c1-4-35-24-15-25(30-10-11-34(2)3)31-16-17(24)12-20(26(35)36)19-13-23(22(29)14-21(19)28)33-27(37)32-18-8-6-5-7-9-18;;/h5-9,12-16H,4,10-11H2,1-3H3,(H,30,31)(H2,32,33,37);2*1H. The number of pyridine rings is 2. The molecule has 208 valence electrons. The molecule has 2 aromatic heterocycles. The summed E-state index contributed by atoms with van der Waals surface area (Å²) in [6, 6.07) is 14.1. The molecule has 2 amide bonds. The number of likely N-dealkylation sites (N-methyl/N-ethyl adjacent to an activating group) is 1. The number of nitrogens with one attached hydrogen (secondary N) is 3. The summed E-state index contributed by atoms with van der Waals surface area (Å²) in [6.45, 7) is 3.83. The molecule has 0 spiro atoms. The van der Waals surface area contributed by atoms with Crippen LogP contribution >= 0.6 is 36.4 Å². The van der Waals surface area contributed by atoms with Crippen molar-refractivity contribution in [1.82, 2.24) is 14.5 Å². The van der Waals surface area contributed by atoms with E-state index in [0.717, 1.165) is 23.5 Å². The van der Waals surface area contributed by atoms with Gasteiger partial charge in [-0.1, -0.05) is 29.8 Å². The zero-order valence-corrected chi connectivity index (χ0v) is 24.0. The molecule has 2 aromatic carbocycles. The maximum Gasteiger partial charge on any atom is 0.323 e. The van der Waals surface area contributed by atoms with Crippen LogP contribution in [0.2, 0.25) is 5.02 Å². The minimum Gasteiger partial charge on any atom is -0.369 e. The first-order valence-corrected chi connectivity index (χ1v) is 12.2. The Balaban J connectivity index is 0.00000267. The molecule has 0 aliphatic heterocycles. The van der Waals surface area contributed by atoms with Crippen LogP contribution in [0.4, 0.5) is 26.4 Å². The van der Waals surface area contributed by atoms with E-state index in [1.54, 1.807) is 41.1 Å². The molecule has 12 heteroatoms. The predicted octanol–water partition coefficient (Wildman–Crippen LogP) is 6.34. The average molecular weight is 596 g/mol. The van der Waals surface area contributed by atoms with Crippen molar-refractivity contribution >= 4 is 70.5 Å². The lowest BCUT2D eigenvalue weighted by Crippen LogP contribution is -2.23. The quantitative estimate of drug-likeness (QED) is 0.221. The number of aromatic nitrogens is 2. The first-order valence-electron chi connectivity index (χ1n) is 11.8. The van der Waals surface area contributed by atoms with Gasteiger partial charge in [0, 0.05) is 54.1 Å². The Morgan fingerprint density at radius 2 is 1.77 bits per heavy atom. The Kier molecular flexibility index (Phi) is 11.5. The van der Waals surface area contributed by atoms with Gasteiger partial charge in [-0.25, -0.2) is 14.2 Å². The summed E-state index contributed by atoms with van der Waals surface area (Å²) in [5, 5.41) is 9.19. The Bertz CT molecular complexity index is 1500. The summed E-state index contributed by atoms with van der Waals surface area (Å²) < 4.78 is 16.3. The Morgan fingerprint density at radius 3 is 2.44 bits per heavy atom. The Labute approximate surface area is 243 Å². The van der Waals surface area contributed by atoms with E-state index in [1.807, 2.05) is 33.2 Å². The van der Waals surface area contributed by atoms with E-state index >= 15 is 0 Å². The van der Waals surface area contributed by atoms with Gasteiger partial charge in [-0.3, -0.25) is 4.79 Å². The van der Waals surface area contributed by atoms with Crippen molar-refractivity contribution in [2.75, 3.05) is 43.1 Å². The first kappa shape index (κ1) is 31.8. The molecule has 0 aliphatic carbocycles. The highest BCUT2D eigenvalue weighted by molar-refractivity contribution is 6.33. The van der Waals surface area contributed by atoms with E-state index in [9.17, 15) is 14.0 Å². The van der Waals surface area contributed by atoms with Gasteiger partial charge in [0.25, 0.3) is 5.56 Å². The van der Waals surface area contributed by atoms with Crippen LogP contribution < -0.4 is 21.5 Å². The van der Waals surface area contributed by atoms with Gasteiger partial charge in [0.15, 0.2) is 0 Å². The normalized spacial score (nSPS) is 10.5. The number of amides is 2. The summed E-state index contributed by atoms with van der Waals surface area (Å²) in [7, 11) is 3.98. The first-order chi connectivity index (χ1) is 17.8. The molecular formula is C27H30Cl3FN6O2. The number of hydrogen-bond acceptors (Lipinski definition) is 5. The number of fused-ring (bicyclic) bond motifs is 1. The average Bonchev–Trinajstić information content (AvgIpc) is 2.86. The molecular weight excluding hydrogens is 566 g/mol.